The number of hydrogen-bond donors (Lipinski definition) is 1. The van der Waals surface area contributed by atoms with Crippen LogP contribution in [0.25, 0.3) is 0 Å². The number of phenols is 1. The van der Waals surface area contributed by atoms with Gasteiger partial charge in [0.2, 0.25) is 0 Å². The van der Waals surface area contributed by atoms with E-state index in [1.807, 2.05) is 0 Å². The van der Waals surface area contributed by atoms with Crippen LogP contribution in [-0.2, 0) is 6.18 Å². The maximum atomic E-state index is 12.5. The van der Waals surface area contributed by atoms with Crippen molar-refractivity contribution >= 4 is 15.9 Å². The lowest BCUT2D eigenvalue weighted by Crippen LogP contribution is -2.06. The maximum Gasteiger partial charge on any atom is 0.417 e. The number of phenolic OH excluding ortho intramolecular Hbond substituents is 1. The van der Waals surface area contributed by atoms with Gasteiger partial charge in [-0.25, -0.2) is 4.39 Å². The van der Waals surface area contributed by atoms with Crippen molar-refractivity contribution in [1.82, 2.24) is 0 Å². The molecule has 1 N–H and O–H groups in total. The number of alkyl halides is 3. The molecule has 1 rings (SSSR count). The van der Waals surface area contributed by atoms with Crippen molar-refractivity contribution in [2.75, 3.05) is 0 Å². The summed E-state index contributed by atoms with van der Waals surface area (Å²) >= 11 is 2.57. The van der Waals surface area contributed by atoms with Gasteiger partial charge in [0.15, 0.2) is 11.6 Å². The average Bonchev–Trinajstić information content (AvgIpc) is 1.94. The Morgan fingerprint density at radius 2 is 1.77 bits per heavy atom. The molecular weight excluding hydrogens is 256 g/mol. The molecule has 6 heteroatoms. The van der Waals surface area contributed by atoms with E-state index in [2.05, 4.69) is 15.9 Å². The minimum absolute atomic E-state index is 0.236. The molecule has 0 bridgehead atoms. The molecule has 0 saturated heterocycles. The van der Waals surface area contributed by atoms with Crippen LogP contribution < -0.4 is 0 Å². The van der Waals surface area contributed by atoms with Crippen molar-refractivity contribution in [3.63, 3.8) is 0 Å². The SMILES string of the molecule is Oc1cc(Br)c(C(F)(F)F)cc1F. The Morgan fingerprint density at radius 3 is 2.23 bits per heavy atom. The van der Waals surface area contributed by atoms with Crippen LogP contribution in [0.15, 0.2) is 16.6 Å². The Kier molecular flexibility index (Phi) is 2.51. The molecule has 0 radical (unpaired) electrons. The molecule has 72 valence electrons. The van der Waals surface area contributed by atoms with Gasteiger partial charge in [0.05, 0.1) is 5.56 Å². The topological polar surface area (TPSA) is 20.2 Å². The van der Waals surface area contributed by atoms with Crippen LogP contribution in [0.3, 0.4) is 0 Å². The van der Waals surface area contributed by atoms with Crippen LogP contribution in [-0.4, -0.2) is 5.11 Å². The Bertz CT molecular complexity index is 334. The number of aromatic hydroxyl groups is 1. The van der Waals surface area contributed by atoms with E-state index in [1.165, 1.54) is 0 Å². The summed E-state index contributed by atoms with van der Waals surface area (Å²) in [5.74, 6) is -2.12. The van der Waals surface area contributed by atoms with Gasteiger partial charge < -0.3 is 5.11 Å². The van der Waals surface area contributed by atoms with Gasteiger partial charge in [-0.15, -0.1) is 0 Å². The summed E-state index contributed by atoms with van der Waals surface area (Å²) in [5.41, 5.74) is -1.15. The summed E-state index contributed by atoms with van der Waals surface area (Å²) < 4.78 is 48.4. The number of hydrogen-bond acceptors (Lipinski definition) is 1. The Morgan fingerprint density at radius 1 is 1.23 bits per heavy atom. The van der Waals surface area contributed by atoms with Crippen LogP contribution in [0.5, 0.6) is 5.75 Å². The van der Waals surface area contributed by atoms with E-state index in [1.54, 1.807) is 0 Å². The zero-order valence-corrected chi connectivity index (χ0v) is 7.58. The highest BCUT2D eigenvalue weighted by Gasteiger charge is 2.33. The highest BCUT2D eigenvalue weighted by molar-refractivity contribution is 9.10. The predicted octanol–water partition coefficient (Wildman–Crippen LogP) is 3.31. The zero-order valence-electron chi connectivity index (χ0n) is 5.99. The molecule has 1 aromatic rings. The van der Waals surface area contributed by atoms with E-state index in [4.69, 9.17) is 5.11 Å². The first-order valence-electron chi connectivity index (χ1n) is 3.07. The van der Waals surface area contributed by atoms with Crippen LogP contribution in [0, 0.1) is 5.82 Å². The van der Waals surface area contributed by atoms with E-state index >= 15 is 0 Å². The lowest BCUT2D eigenvalue weighted by atomic mass is 10.2. The van der Waals surface area contributed by atoms with Gasteiger partial charge in [-0.1, -0.05) is 15.9 Å². The van der Waals surface area contributed by atoms with E-state index < -0.39 is 23.3 Å². The monoisotopic (exact) mass is 258 g/mol. The van der Waals surface area contributed by atoms with Gasteiger partial charge in [-0.05, 0) is 12.1 Å². The van der Waals surface area contributed by atoms with Crippen molar-refractivity contribution in [3.8, 4) is 5.75 Å². The van der Waals surface area contributed by atoms with Crippen molar-refractivity contribution in [2.45, 2.75) is 6.18 Å². The van der Waals surface area contributed by atoms with Crippen LogP contribution in [0.4, 0.5) is 17.6 Å². The zero-order chi connectivity index (χ0) is 10.2. The highest BCUT2D eigenvalue weighted by Crippen LogP contribution is 2.37. The van der Waals surface area contributed by atoms with Gasteiger partial charge >= 0.3 is 6.18 Å². The van der Waals surface area contributed by atoms with Gasteiger partial charge in [0.25, 0.3) is 0 Å². The number of rotatable bonds is 0. The summed E-state index contributed by atoms with van der Waals surface area (Å²) in [6.07, 6.45) is -4.63. The highest BCUT2D eigenvalue weighted by atomic mass is 79.9. The maximum absolute atomic E-state index is 12.5. The molecule has 0 unspecified atom stereocenters. The molecule has 0 saturated carbocycles. The first kappa shape index (κ1) is 10.3. The third-order valence-corrected chi connectivity index (χ3v) is 2.00. The molecule has 0 amide bonds. The lowest BCUT2D eigenvalue weighted by Gasteiger charge is -2.09. The van der Waals surface area contributed by atoms with Gasteiger partial charge in [-0.3, -0.25) is 0 Å². The molecule has 0 aliphatic rings. The fraction of sp³-hybridized carbons (Fsp3) is 0.143. The van der Waals surface area contributed by atoms with Gasteiger partial charge in [0, 0.05) is 4.47 Å². The fourth-order valence-corrected chi connectivity index (χ4v) is 1.31. The van der Waals surface area contributed by atoms with Crippen LogP contribution >= 0.6 is 15.9 Å². The van der Waals surface area contributed by atoms with Gasteiger partial charge in [-0.2, -0.15) is 13.2 Å². The minimum atomic E-state index is -4.63. The Hall–Kier alpha value is -0.780. The number of halogens is 5. The number of benzene rings is 1. The summed E-state index contributed by atoms with van der Waals surface area (Å²) in [6, 6.07) is 0.900. The molecular formula is C7H3BrF4O. The quantitative estimate of drug-likeness (QED) is 0.708. The van der Waals surface area contributed by atoms with E-state index in [0.29, 0.717) is 6.07 Å². The van der Waals surface area contributed by atoms with E-state index in [-0.39, 0.29) is 10.5 Å². The predicted molar refractivity (Wildman–Crippen MR) is 40.8 cm³/mol. The normalized spacial score (nSPS) is 11.8. The third-order valence-electron chi connectivity index (χ3n) is 1.34. The largest absolute Gasteiger partial charge is 0.505 e. The molecule has 0 aliphatic carbocycles. The first-order valence-corrected chi connectivity index (χ1v) is 3.87. The van der Waals surface area contributed by atoms with Crippen molar-refractivity contribution < 1.29 is 22.7 Å². The average molecular weight is 259 g/mol. The molecule has 0 aromatic heterocycles. The molecule has 0 heterocycles. The van der Waals surface area contributed by atoms with Crippen molar-refractivity contribution in [3.05, 3.63) is 28.0 Å². The second-order valence-corrected chi connectivity index (χ2v) is 3.14. The lowest BCUT2D eigenvalue weighted by molar-refractivity contribution is -0.138. The van der Waals surface area contributed by atoms with Gasteiger partial charge in [0.1, 0.15) is 0 Å². The van der Waals surface area contributed by atoms with Crippen LogP contribution in [0.1, 0.15) is 5.56 Å². The Balaban J connectivity index is 3.32. The van der Waals surface area contributed by atoms with Crippen LogP contribution in [0.2, 0.25) is 0 Å². The standard InChI is InChI=1S/C7H3BrF4O/c8-4-2-6(13)5(9)1-3(4)7(10,11)12/h1-2,13H. The summed E-state index contributed by atoms with van der Waals surface area (Å²) in [5, 5.41) is 8.72. The first-order chi connectivity index (χ1) is 5.82. The minimum Gasteiger partial charge on any atom is -0.505 e. The molecule has 0 atom stereocenters. The molecule has 0 spiro atoms. The molecule has 1 nitrogen and oxygen atoms in total. The second kappa shape index (κ2) is 3.17. The second-order valence-electron chi connectivity index (χ2n) is 2.28. The molecule has 1 aromatic carbocycles. The van der Waals surface area contributed by atoms with E-state index in [9.17, 15) is 17.6 Å². The summed E-state index contributed by atoms with van der Waals surface area (Å²) in [6.45, 7) is 0. The third kappa shape index (κ3) is 2.12. The molecule has 13 heavy (non-hydrogen) atoms. The Labute approximate surface area is 79.1 Å². The summed E-state index contributed by atoms with van der Waals surface area (Å²) in [4.78, 5) is 0. The van der Waals surface area contributed by atoms with Crippen molar-refractivity contribution in [2.24, 2.45) is 0 Å². The fourth-order valence-electron chi connectivity index (χ4n) is 0.754. The smallest absolute Gasteiger partial charge is 0.417 e. The van der Waals surface area contributed by atoms with Crippen molar-refractivity contribution in [1.29, 1.82) is 0 Å². The van der Waals surface area contributed by atoms with E-state index in [0.717, 1.165) is 0 Å². The summed E-state index contributed by atoms with van der Waals surface area (Å²) in [7, 11) is 0. The molecule has 0 aliphatic heterocycles. The molecule has 0 fully saturated rings.